The van der Waals surface area contributed by atoms with Crippen LogP contribution in [0.15, 0.2) is 24.3 Å². The molecule has 0 aromatic heterocycles. The van der Waals surface area contributed by atoms with Crippen molar-refractivity contribution in [2.24, 2.45) is 5.92 Å². The van der Waals surface area contributed by atoms with E-state index in [0.717, 1.165) is 18.5 Å². The van der Waals surface area contributed by atoms with Crippen molar-refractivity contribution in [3.63, 3.8) is 0 Å². The minimum atomic E-state index is 0.254. The van der Waals surface area contributed by atoms with Gasteiger partial charge in [-0.1, -0.05) is 58.9 Å². The van der Waals surface area contributed by atoms with E-state index in [9.17, 15) is 0 Å². The lowest BCUT2D eigenvalue weighted by atomic mass is 9.86. The molecule has 2 atom stereocenters. The van der Waals surface area contributed by atoms with Gasteiger partial charge in [-0.3, -0.25) is 4.90 Å². The lowest BCUT2D eigenvalue weighted by Gasteiger charge is -2.28. The highest BCUT2D eigenvalue weighted by molar-refractivity contribution is 5.27. The maximum atomic E-state index is 2.66. The second kappa shape index (κ2) is 6.30. The summed E-state index contributed by atoms with van der Waals surface area (Å²) in [7, 11) is 0. The van der Waals surface area contributed by atoms with Crippen LogP contribution >= 0.6 is 0 Å². The van der Waals surface area contributed by atoms with E-state index >= 15 is 0 Å². The summed E-state index contributed by atoms with van der Waals surface area (Å²) in [6, 6.07) is 10.1. The molecule has 1 aliphatic rings. The van der Waals surface area contributed by atoms with E-state index in [0.29, 0.717) is 0 Å². The van der Waals surface area contributed by atoms with Gasteiger partial charge in [-0.2, -0.15) is 0 Å². The predicted molar refractivity (Wildman–Crippen MR) is 88.0 cm³/mol. The van der Waals surface area contributed by atoms with Gasteiger partial charge < -0.3 is 0 Å². The van der Waals surface area contributed by atoms with Crippen molar-refractivity contribution in [2.75, 3.05) is 6.54 Å². The van der Waals surface area contributed by atoms with Crippen molar-refractivity contribution < 1.29 is 0 Å². The fourth-order valence-corrected chi connectivity index (χ4v) is 3.35. The first-order chi connectivity index (χ1) is 9.40. The molecule has 0 unspecified atom stereocenters. The second-order valence-corrected chi connectivity index (χ2v) is 7.58. The normalized spacial score (nSPS) is 23.5. The van der Waals surface area contributed by atoms with Gasteiger partial charge in [-0.15, -0.1) is 0 Å². The molecular formula is C19H31N. The molecule has 1 fully saturated rings. The molecule has 0 spiro atoms. The Morgan fingerprint density at radius 2 is 1.75 bits per heavy atom. The first-order valence-corrected chi connectivity index (χ1v) is 8.23. The van der Waals surface area contributed by atoms with Crippen LogP contribution in [0.2, 0.25) is 0 Å². The van der Waals surface area contributed by atoms with Gasteiger partial charge in [0.1, 0.15) is 0 Å². The summed E-state index contributed by atoms with van der Waals surface area (Å²) in [6.07, 6.45) is 4.17. The van der Waals surface area contributed by atoms with Crippen molar-refractivity contribution in [3.8, 4) is 0 Å². The molecule has 0 radical (unpaired) electrons. The van der Waals surface area contributed by atoms with Crippen molar-refractivity contribution in [1.82, 2.24) is 4.90 Å². The number of benzene rings is 1. The number of hydrogen-bond donors (Lipinski definition) is 0. The van der Waals surface area contributed by atoms with E-state index in [1.807, 2.05) is 0 Å². The highest BCUT2D eigenvalue weighted by Crippen LogP contribution is 2.30. The quantitative estimate of drug-likeness (QED) is 0.746. The number of rotatable bonds is 4. The van der Waals surface area contributed by atoms with Gasteiger partial charge in [-0.05, 0) is 48.3 Å². The van der Waals surface area contributed by atoms with Crippen LogP contribution in [0.4, 0.5) is 0 Å². The van der Waals surface area contributed by atoms with E-state index in [1.165, 1.54) is 36.9 Å². The average molecular weight is 273 g/mol. The Morgan fingerprint density at radius 1 is 1.10 bits per heavy atom. The van der Waals surface area contributed by atoms with Crippen molar-refractivity contribution in [1.29, 1.82) is 0 Å². The standard InChI is InChI=1S/C19H31N/c1-6-20(18-12-7-15(2)13-18)14-16-8-10-17(11-9-16)19(3,4)5/h8-11,15,18H,6-7,12-14H2,1-5H3/t15-,18+/m0/s1. The Labute approximate surface area is 125 Å². The zero-order valence-corrected chi connectivity index (χ0v) is 13.9. The number of hydrogen-bond acceptors (Lipinski definition) is 1. The summed E-state index contributed by atoms with van der Waals surface area (Å²) < 4.78 is 0. The molecule has 0 N–H and O–H groups in total. The zero-order valence-electron chi connectivity index (χ0n) is 13.9. The van der Waals surface area contributed by atoms with Gasteiger partial charge in [0.15, 0.2) is 0 Å². The third kappa shape index (κ3) is 3.85. The van der Waals surface area contributed by atoms with Gasteiger partial charge in [0, 0.05) is 12.6 Å². The summed E-state index contributed by atoms with van der Waals surface area (Å²) in [5.41, 5.74) is 3.14. The molecule has 0 saturated heterocycles. The maximum Gasteiger partial charge on any atom is 0.0236 e. The number of nitrogens with zero attached hydrogens (tertiary/aromatic N) is 1. The molecule has 20 heavy (non-hydrogen) atoms. The summed E-state index contributed by atoms with van der Waals surface area (Å²) in [5, 5.41) is 0. The van der Waals surface area contributed by atoms with Crippen LogP contribution in [0.5, 0.6) is 0 Å². The summed E-state index contributed by atoms with van der Waals surface area (Å²) in [4.78, 5) is 2.66. The molecule has 1 aromatic carbocycles. The van der Waals surface area contributed by atoms with Gasteiger partial charge in [0.05, 0.1) is 0 Å². The molecule has 0 bridgehead atoms. The Morgan fingerprint density at radius 3 is 2.20 bits per heavy atom. The van der Waals surface area contributed by atoms with E-state index in [4.69, 9.17) is 0 Å². The summed E-state index contributed by atoms with van der Waals surface area (Å²) in [5.74, 6) is 0.914. The molecule has 1 nitrogen and oxygen atoms in total. The Hall–Kier alpha value is -0.820. The van der Waals surface area contributed by atoms with Crippen LogP contribution in [-0.4, -0.2) is 17.5 Å². The first-order valence-electron chi connectivity index (χ1n) is 8.23. The smallest absolute Gasteiger partial charge is 0.0236 e. The predicted octanol–water partition coefficient (Wildman–Crippen LogP) is 4.99. The van der Waals surface area contributed by atoms with Gasteiger partial charge in [-0.25, -0.2) is 0 Å². The van der Waals surface area contributed by atoms with Crippen LogP contribution in [0.25, 0.3) is 0 Å². The van der Waals surface area contributed by atoms with Crippen molar-refractivity contribution >= 4 is 0 Å². The zero-order chi connectivity index (χ0) is 14.8. The highest BCUT2D eigenvalue weighted by atomic mass is 15.1. The molecule has 1 heteroatoms. The first kappa shape index (κ1) is 15.6. The lowest BCUT2D eigenvalue weighted by molar-refractivity contribution is 0.197. The van der Waals surface area contributed by atoms with E-state index in [1.54, 1.807) is 0 Å². The molecule has 2 rings (SSSR count). The monoisotopic (exact) mass is 273 g/mol. The summed E-state index contributed by atoms with van der Waals surface area (Å²) >= 11 is 0. The van der Waals surface area contributed by atoms with Crippen molar-refractivity contribution in [2.45, 2.75) is 71.9 Å². The SMILES string of the molecule is CCN(Cc1ccc(C(C)(C)C)cc1)[C@@H]1CC[C@H](C)C1. The van der Waals surface area contributed by atoms with Crippen LogP contribution in [-0.2, 0) is 12.0 Å². The molecule has 112 valence electrons. The largest absolute Gasteiger partial charge is 0.296 e. The Bertz CT molecular complexity index is 412. The van der Waals surface area contributed by atoms with E-state index in [-0.39, 0.29) is 5.41 Å². The lowest BCUT2D eigenvalue weighted by Crippen LogP contribution is -2.32. The van der Waals surface area contributed by atoms with Gasteiger partial charge in [0.25, 0.3) is 0 Å². The molecule has 0 amide bonds. The second-order valence-electron chi connectivity index (χ2n) is 7.58. The van der Waals surface area contributed by atoms with Crippen LogP contribution in [0.1, 0.15) is 65.0 Å². The van der Waals surface area contributed by atoms with Crippen LogP contribution < -0.4 is 0 Å². The maximum absolute atomic E-state index is 2.66. The highest BCUT2D eigenvalue weighted by Gasteiger charge is 2.26. The summed E-state index contributed by atoms with van der Waals surface area (Å²) in [6.45, 7) is 13.8. The topological polar surface area (TPSA) is 3.24 Å². The Balaban J connectivity index is 2.01. The third-order valence-electron chi connectivity index (χ3n) is 4.80. The molecule has 1 aliphatic carbocycles. The van der Waals surface area contributed by atoms with E-state index in [2.05, 4.69) is 63.8 Å². The average Bonchev–Trinajstić information content (AvgIpc) is 2.82. The van der Waals surface area contributed by atoms with Crippen molar-refractivity contribution in [3.05, 3.63) is 35.4 Å². The van der Waals surface area contributed by atoms with Crippen LogP contribution in [0, 0.1) is 5.92 Å². The minimum absolute atomic E-state index is 0.254. The minimum Gasteiger partial charge on any atom is -0.296 e. The Kier molecular flexibility index (Phi) is 4.90. The van der Waals surface area contributed by atoms with Crippen LogP contribution in [0.3, 0.4) is 0 Å². The van der Waals surface area contributed by atoms with Gasteiger partial charge >= 0.3 is 0 Å². The third-order valence-corrected chi connectivity index (χ3v) is 4.80. The van der Waals surface area contributed by atoms with E-state index < -0.39 is 0 Å². The fraction of sp³-hybridized carbons (Fsp3) is 0.684. The molecule has 0 aliphatic heterocycles. The molecule has 0 heterocycles. The molecular weight excluding hydrogens is 242 g/mol. The van der Waals surface area contributed by atoms with Gasteiger partial charge in [0.2, 0.25) is 0 Å². The molecule has 1 aromatic rings. The fourth-order valence-electron chi connectivity index (χ4n) is 3.35. The molecule has 1 saturated carbocycles.